The second-order valence-corrected chi connectivity index (χ2v) is 5.47. The first kappa shape index (κ1) is 17.7. The van der Waals surface area contributed by atoms with Crippen molar-refractivity contribution >= 4 is 11.6 Å². The quantitative estimate of drug-likeness (QED) is 0.620. The van der Waals surface area contributed by atoms with Gasteiger partial charge < -0.3 is 16.2 Å². The van der Waals surface area contributed by atoms with Crippen molar-refractivity contribution in [3.63, 3.8) is 0 Å². The maximum absolute atomic E-state index is 12.0. The highest BCUT2D eigenvalue weighted by Gasteiger charge is 2.09. The number of hydrogen-bond donors (Lipinski definition) is 3. The maximum atomic E-state index is 12.0. The zero-order valence-electron chi connectivity index (χ0n) is 13.0. The van der Waals surface area contributed by atoms with Gasteiger partial charge >= 0.3 is 0 Å². The molecule has 1 amide bonds. The molecular formula is C17H28N2O2. The Morgan fingerprint density at radius 2 is 2.19 bits per heavy atom. The van der Waals surface area contributed by atoms with E-state index in [9.17, 15) is 4.79 Å². The maximum Gasteiger partial charge on any atom is 0.224 e. The van der Waals surface area contributed by atoms with Crippen molar-refractivity contribution < 1.29 is 9.90 Å². The monoisotopic (exact) mass is 292 g/mol. The van der Waals surface area contributed by atoms with E-state index in [-0.39, 0.29) is 12.5 Å². The van der Waals surface area contributed by atoms with Gasteiger partial charge in [0, 0.05) is 18.7 Å². The minimum Gasteiger partial charge on any atom is -0.396 e. The van der Waals surface area contributed by atoms with Gasteiger partial charge in [0.1, 0.15) is 0 Å². The zero-order chi connectivity index (χ0) is 15.5. The minimum absolute atomic E-state index is 0.0600. The van der Waals surface area contributed by atoms with Crippen LogP contribution in [0.3, 0.4) is 0 Å². The number of benzene rings is 1. The second-order valence-electron chi connectivity index (χ2n) is 5.47. The Morgan fingerprint density at radius 3 is 2.86 bits per heavy atom. The number of aliphatic hydroxyl groups is 1. The Bertz CT molecular complexity index is 421. The molecule has 0 aromatic heterocycles. The Hall–Kier alpha value is -1.39. The third-order valence-corrected chi connectivity index (χ3v) is 3.77. The summed E-state index contributed by atoms with van der Waals surface area (Å²) in [5.74, 6) is 0.599. The lowest BCUT2D eigenvalue weighted by Crippen LogP contribution is -2.15. The molecule has 1 unspecified atom stereocenters. The van der Waals surface area contributed by atoms with Gasteiger partial charge in [-0.05, 0) is 55.8 Å². The summed E-state index contributed by atoms with van der Waals surface area (Å²) in [5.41, 5.74) is 7.54. The fraction of sp³-hybridized carbons (Fsp3) is 0.588. The van der Waals surface area contributed by atoms with Crippen LogP contribution in [0.5, 0.6) is 0 Å². The third kappa shape index (κ3) is 7.25. The molecule has 0 aliphatic heterocycles. The van der Waals surface area contributed by atoms with Gasteiger partial charge in [-0.25, -0.2) is 0 Å². The van der Waals surface area contributed by atoms with Crippen LogP contribution in [-0.2, 0) is 11.2 Å². The van der Waals surface area contributed by atoms with Crippen molar-refractivity contribution in [2.24, 2.45) is 11.7 Å². The fourth-order valence-electron chi connectivity index (χ4n) is 2.43. The van der Waals surface area contributed by atoms with Crippen LogP contribution in [0, 0.1) is 5.92 Å². The first-order valence-electron chi connectivity index (χ1n) is 7.89. The number of aliphatic hydroxyl groups excluding tert-OH is 1. The zero-order valence-corrected chi connectivity index (χ0v) is 13.0. The lowest BCUT2D eigenvalue weighted by Gasteiger charge is -2.13. The molecule has 0 bridgehead atoms. The first-order valence-corrected chi connectivity index (χ1v) is 7.89. The van der Waals surface area contributed by atoms with Gasteiger partial charge in [0.15, 0.2) is 0 Å². The molecule has 0 aliphatic rings. The summed E-state index contributed by atoms with van der Waals surface area (Å²) in [7, 11) is 0. The van der Waals surface area contributed by atoms with E-state index in [0.29, 0.717) is 18.9 Å². The van der Waals surface area contributed by atoms with E-state index >= 15 is 0 Å². The molecule has 0 saturated carbocycles. The highest BCUT2D eigenvalue weighted by Crippen LogP contribution is 2.16. The van der Waals surface area contributed by atoms with Crippen LogP contribution in [0.25, 0.3) is 0 Å². The predicted octanol–water partition coefficient (Wildman–Crippen LogP) is 2.71. The summed E-state index contributed by atoms with van der Waals surface area (Å²) < 4.78 is 0. The summed E-state index contributed by atoms with van der Waals surface area (Å²) in [5, 5.41) is 11.8. The van der Waals surface area contributed by atoms with Gasteiger partial charge in [-0.1, -0.05) is 25.5 Å². The van der Waals surface area contributed by atoms with Crippen LogP contribution in [0.4, 0.5) is 5.69 Å². The molecule has 1 aromatic carbocycles. The van der Waals surface area contributed by atoms with Crippen LogP contribution < -0.4 is 11.1 Å². The average Bonchev–Trinajstić information content (AvgIpc) is 2.49. The van der Waals surface area contributed by atoms with Gasteiger partial charge in [-0.15, -0.1) is 0 Å². The van der Waals surface area contributed by atoms with E-state index in [1.165, 1.54) is 0 Å². The standard InChI is InChI=1S/C17H28N2O2/c1-2-14(10-11-18)8-9-17(21)19-16-7-3-5-15(13-16)6-4-12-20/h3,5,7,13-14,20H,2,4,6,8-12,18H2,1H3,(H,19,21). The molecule has 0 fully saturated rings. The van der Waals surface area contributed by atoms with Crippen LogP contribution in [0.15, 0.2) is 24.3 Å². The van der Waals surface area contributed by atoms with E-state index < -0.39 is 0 Å². The van der Waals surface area contributed by atoms with Crippen molar-refractivity contribution in [2.45, 2.75) is 45.4 Å². The van der Waals surface area contributed by atoms with Gasteiger partial charge in [0.05, 0.1) is 0 Å². The van der Waals surface area contributed by atoms with Gasteiger partial charge in [0.2, 0.25) is 5.91 Å². The summed E-state index contributed by atoms with van der Waals surface area (Å²) in [4.78, 5) is 12.0. The number of hydrogen-bond acceptors (Lipinski definition) is 3. The molecular weight excluding hydrogens is 264 g/mol. The molecule has 4 heteroatoms. The molecule has 0 heterocycles. The highest BCUT2D eigenvalue weighted by molar-refractivity contribution is 5.90. The Morgan fingerprint density at radius 1 is 1.38 bits per heavy atom. The van der Waals surface area contributed by atoms with E-state index in [4.69, 9.17) is 10.8 Å². The number of anilines is 1. The van der Waals surface area contributed by atoms with E-state index in [1.807, 2.05) is 24.3 Å². The largest absolute Gasteiger partial charge is 0.396 e. The van der Waals surface area contributed by atoms with E-state index in [0.717, 1.165) is 43.4 Å². The van der Waals surface area contributed by atoms with Crippen LogP contribution in [0.2, 0.25) is 0 Å². The topological polar surface area (TPSA) is 75.4 Å². The van der Waals surface area contributed by atoms with Crippen molar-refractivity contribution in [1.29, 1.82) is 0 Å². The third-order valence-electron chi connectivity index (χ3n) is 3.77. The molecule has 4 nitrogen and oxygen atoms in total. The number of nitrogens with one attached hydrogen (secondary N) is 1. The Kier molecular flexibility index (Phi) is 8.71. The fourth-order valence-corrected chi connectivity index (χ4v) is 2.43. The lowest BCUT2D eigenvalue weighted by molar-refractivity contribution is -0.116. The summed E-state index contributed by atoms with van der Waals surface area (Å²) in [6.07, 6.45) is 5.06. The first-order chi connectivity index (χ1) is 10.2. The van der Waals surface area contributed by atoms with Crippen molar-refractivity contribution in [3.8, 4) is 0 Å². The number of amides is 1. The molecule has 0 saturated heterocycles. The molecule has 0 radical (unpaired) electrons. The van der Waals surface area contributed by atoms with Gasteiger partial charge in [-0.2, -0.15) is 0 Å². The average molecular weight is 292 g/mol. The molecule has 1 atom stereocenters. The van der Waals surface area contributed by atoms with Crippen LogP contribution in [-0.4, -0.2) is 24.2 Å². The Balaban J connectivity index is 2.43. The van der Waals surface area contributed by atoms with Crippen molar-refractivity contribution in [2.75, 3.05) is 18.5 Å². The van der Waals surface area contributed by atoms with Crippen LogP contribution in [0.1, 0.15) is 44.6 Å². The Labute approximate surface area is 127 Å². The van der Waals surface area contributed by atoms with E-state index in [2.05, 4.69) is 12.2 Å². The lowest BCUT2D eigenvalue weighted by atomic mass is 9.96. The van der Waals surface area contributed by atoms with Gasteiger partial charge in [0.25, 0.3) is 0 Å². The second kappa shape index (κ2) is 10.4. The molecule has 118 valence electrons. The SMILES string of the molecule is CCC(CCN)CCC(=O)Nc1cccc(CCCO)c1. The molecule has 1 aromatic rings. The number of carbonyl (C=O) groups is 1. The van der Waals surface area contributed by atoms with Crippen molar-refractivity contribution in [1.82, 2.24) is 0 Å². The van der Waals surface area contributed by atoms with Crippen molar-refractivity contribution in [3.05, 3.63) is 29.8 Å². The highest BCUT2D eigenvalue weighted by atomic mass is 16.2. The summed E-state index contributed by atoms with van der Waals surface area (Å²) in [6, 6.07) is 7.83. The summed E-state index contributed by atoms with van der Waals surface area (Å²) >= 11 is 0. The van der Waals surface area contributed by atoms with Crippen LogP contribution >= 0.6 is 0 Å². The van der Waals surface area contributed by atoms with Gasteiger partial charge in [-0.3, -0.25) is 4.79 Å². The molecule has 0 spiro atoms. The molecule has 21 heavy (non-hydrogen) atoms. The summed E-state index contributed by atoms with van der Waals surface area (Å²) in [6.45, 7) is 3.02. The molecule has 4 N–H and O–H groups in total. The number of rotatable bonds is 10. The smallest absolute Gasteiger partial charge is 0.224 e. The number of nitrogens with two attached hydrogens (primary N) is 1. The molecule has 1 rings (SSSR count). The number of aryl methyl sites for hydroxylation is 1. The minimum atomic E-state index is 0.0600. The normalized spacial score (nSPS) is 12.1. The molecule has 0 aliphatic carbocycles. The van der Waals surface area contributed by atoms with E-state index in [1.54, 1.807) is 0 Å². The number of carbonyl (C=O) groups excluding carboxylic acids is 1. The predicted molar refractivity (Wildman–Crippen MR) is 87.2 cm³/mol.